The number of carbonyl (C=O) groups excluding carboxylic acids is 4. The van der Waals surface area contributed by atoms with Gasteiger partial charge in [-0.1, -0.05) is 13.8 Å². The molecule has 1 aliphatic heterocycles. The van der Waals surface area contributed by atoms with Crippen molar-refractivity contribution in [1.29, 1.82) is 0 Å². The second kappa shape index (κ2) is 9.84. The van der Waals surface area contributed by atoms with Gasteiger partial charge in [-0.25, -0.2) is 0 Å². The number of ether oxygens (including phenoxy) is 4. The molecule has 0 spiro atoms. The molecule has 0 radical (unpaired) electrons. The summed E-state index contributed by atoms with van der Waals surface area (Å²) in [6, 6.07) is 0. The third-order valence-electron chi connectivity index (χ3n) is 7.59. The van der Waals surface area contributed by atoms with Crippen LogP contribution in [0.1, 0.15) is 59.8 Å². The van der Waals surface area contributed by atoms with E-state index in [0.717, 1.165) is 0 Å². The molecule has 1 N–H and O–H groups in total. The molecule has 2 saturated carbocycles. The van der Waals surface area contributed by atoms with Gasteiger partial charge >= 0.3 is 39.2 Å². The van der Waals surface area contributed by atoms with Crippen LogP contribution >= 0.6 is 0 Å². The number of carbonyl (C=O) groups is 4. The molecule has 2 aliphatic carbocycles. The molecule has 11 nitrogen and oxygen atoms in total. The average molecular weight is 541 g/mol. The zero-order chi connectivity index (χ0) is 27.2. The Kier molecular flexibility index (Phi) is 7.72. The van der Waals surface area contributed by atoms with Crippen LogP contribution in [-0.4, -0.2) is 66.0 Å². The summed E-state index contributed by atoms with van der Waals surface area (Å²) in [7, 11) is -5.82. The molecular formula is C22H30F2O11S. The number of hydrogen-bond acceptors (Lipinski definition) is 10. The van der Waals surface area contributed by atoms with E-state index in [1.807, 2.05) is 13.8 Å². The van der Waals surface area contributed by atoms with Gasteiger partial charge in [-0.2, -0.15) is 17.2 Å². The van der Waals surface area contributed by atoms with Crippen molar-refractivity contribution in [2.75, 3.05) is 0 Å². The minimum absolute atomic E-state index is 0.319. The Hall–Kier alpha value is -2.35. The highest BCUT2D eigenvalue weighted by molar-refractivity contribution is 7.86. The van der Waals surface area contributed by atoms with Crippen molar-refractivity contribution < 1.29 is 59.9 Å². The van der Waals surface area contributed by atoms with Crippen molar-refractivity contribution in [3.63, 3.8) is 0 Å². The van der Waals surface area contributed by atoms with Gasteiger partial charge in [0.25, 0.3) is 0 Å². The lowest BCUT2D eigenvalue weighted by atomic mass is 9.78. The Labute approximate surface area is 206 Å². The first-order valence-electron chi connectivity index (χ1n) is 11.7. The van der Waals surface area contributed by atoms with Crippen LogP contribution < -0.4 is 0 Å². The van der Waals surface area contributed by atoms with Gasteiger partial charge in [0.15, 0.2) is 6.10 Å². The molecule has 0 aromatic carbocycles. The zero-order valence-electron chi connectivity index (χ0n) is 20.3. The van der Waals surface area contributed by atoms with E-state index in [1.165, 1.54) is 0 Å². The van der Waals surface area contributed by atoms with Gasteiger partial charge in [0.1, 0.15) is 17.8 Å². The van der Waals surface area contributed by atoms with E-state index in [2.05, 4.69) is 4.74 Å². The summed E-state index contributed by atoms with van der Waals surface area (Å²) in [5.74, 6) is -5.71. The Morgan fingerprint density at radius 2 is 1.72 bits per heavy atom. The molecule has 3 rings (SSSR count). The van der Waals surface area contributed by atoms with Crippen LogP contribution in [0, 0.1) is 23.7 Å². The lowest BCUT2D eigenvalue weighted by molar-refractivity contribution is -0.174. The second-order valence-electron chi connectivity index (χ2n) is 9.72. The summed E-state index contributed by atoms with van der Waals surface area (Å²) in [5, 5.41) is -4.73. The lowest BCUT2D eigenvalue weighted by Gasteiger charge is -2.34. The minimum Gasteiger partial charge on any atom is -0.459 e. The quantitative estimate of drug-likeness (QED) is 0.232. The molecule has 204 valence electrons. The Morgan fingerprint density at radius 3 is 2.28 bits per heavy atom. The first kappa shape index (κ1) is 28.2. The maximum Gasteiger partial charge on any atom is 0.405 e. The SMILES string of the molecule is CCC(C)(CC)OC(=O)C1C2CC3C(OC(=O)C31)C2OC(=O)CCC(=O)OC(C)C(F)(F)S(=O)(=O)O. The molecule has 2 bridgehead atoms. The summed E-state index contributed by atoms with van der Waals surface area (Å²) in [6.45, 7) is 6.11. The standard InChI is InChI=1S/C22H30F2O11S/c1-5-21(4,6-2)35-20(28)16-12-9-11-15(16)19(27)34-18(11)17(12)33-14(26)8-7-13(25)32-10(3)22(23,24)36(29,30)31/h10-12,15-18H,5-9H2,1-4H3,(H,29,30,31). The third-order valence-corrected chi connectivity index (χ3v) is 8.61. The largest absolute Gasteiger partial charge is 0.459 e. The maximum atomic E-state index is 13.5. The number of alkyl halides is 2. The number of fused-ring (bicyclic) bond motifs is 1. The highest BCUT2D eigenvalue weighted by Gasteiger charge is 2.70. The van der Waals surface area contributed by atoms with Crippen LogP contribution in [0.4, 0.5) is 8.78 Å². The van der Waals surface area contributed by atoms with Gasteiger partial charge in [-0.3, -0.25) is 23.7 Å². The average Bonchev–Trinajstić information content (AvgIpc) is 3.40. The zero-order valence-corrected chi connectivity index (χ0v) is 21.1. The maximum absolute atomic E-state index is 13.5. The summed E-state index contributed by atoms with van der Waals surface area (Å²) in [6.07, 6.45) is -3.93. The fraction of sp³-hybridized carbons (Fsp3) is 0.818. The van der Waals surface area contributed by atoms with E-state index < -0.39 is 93.8 Å². The van der Waals surface area contributed by atoms with E-state index in [-0.39, 0.29) is 5.92 Å². The highest BCUT2D eigenvalue weighted by atomic mass is 32.2. The van der Waals surface area contributed by atoms with E-state index in [4.69, 9.17) is 18.8 Å². The van der Waals surface area contributed by atoms with Gasteiger partial charge in [0, 0.05) is 11.8 Å². The number of rotatable bonds is 11. The molecule has 0 aromatic rings. The number of hydrogen-bond donors (Lipinski definition) is 1. The van der Waals surface area contributed by atoms with Crippen LogP contribution in [0.5, 0.6) is 0 Å². The topological polar surface area (TPSA) is 160 Å². The van der Waals surface area contributed by atoms with Crippen molar-refractivity contribution in [2.45, 2.75) is 89.0 Å². The molecule has 1 heterocycles. The van der Waals surface area contributed by atoms with Crippen LogP contribution in [0.2, 0.25) is 0 Å². The Balaban J connectivity index is 1.60. The Morgan fingerprint density at radius 1 is 1.14 bits per heavy atom. The molecule has 7 atom stereocenters. The normalized spacial score (nSPS) is 30.0. The van der Waals surface area contributed by atoms with Crippen LogP contribution in [0.15, 0.2) is 0 Å². The fourth-order valence-electron chi connectivity index (χ4n) is 5.12. The predicted molar refractivity (Wildman–Crippen MR) is 115 cm³/mol. The minimum atomic E-state index is -5.82. The van der Waals surface area contributed by atoms with Gasteiger partial charge in [0.2, 0.25) is 0 Å². The van der Waals surface area contributed by atoms with Gasteiger partial charge < -0.3 is 18.9 Å². The monoisotopic (exact) mass is 540 g/mol. The molecule has 0 aromatic heterocycles. The van der Waals surface area contributed by atoms with E-state index >= 15 is 0 Å². The molecule has 36 heavy (non-hydrogen) atoms. The number of esters is 4. The molecule has 3 fully saturated rings. The van der Waals surface area contributed by atoms with Gasteiger partial charge in [0.05, 0.1) is 24.7 Å². The highest BCUT2D eigenvalue weighted by Crippen LogP contribution is 2.59. The molecule has 1 saturated heterocycles. The van der Waals surface area contributed by atoms with Crippen molar-refractivity contribution in [3.05, 3.63) is 0 Å². The van der Waals surface area contributed by atoms with Crippen LogP contribution in [0.25, 0.3) is 0 Å². The van der Waals surface area contributed by atoms with E-state index in [0.29, 0.717) is 26.2 Å². The Bertz CT molecular complexity index is 1020. The van der Waals surface area contributed by atoms with Crippen molar-refractivity contribution in [3.8, 4) is 0 Å². The lowest BCUT2D eigenvalue weighted by Crippen LogP contribution is -2.45. The summed E-state index contributed by atoms with van der Waals surface area (Å²) in [4.78, 5) is 49.7. The third kappa shape index (κ3) is 5.06. The summed E-state index contributed by atoms with van der Waals surface area (Å²) < 4.78 is 78.0. The first-order chi connectivity index (χ1) is 16.6. The molecule has 14 heteroatoms. The van der Waals surface area contributed by atoms with Crippen LogP contribution in [0.3, 0.4) is 0 Å². The summed E-state index contributed by atoms with van der Waals surface area (Å²) in [5.41, 5.74) is -0.712. The van der Waals surface area contributed by atoms with Crippen molar-refractivity contribution in [1.82, 2.24) is 0 Å². The van der Waals surface area contributed by atoms with Crippen molar-refractivity contribution >= 4 is 34.0 Å². The second-order valence-corrected chi connectivity index (χ2v) is 11.2. The summed E-state index contributed by atoms with van der Waals surface area (Å²) >= 11 is 0. The first-order valence-corrected chi connectivity index (χ1v) is 13.2. The fourth-order valence-corrected chi connectivity index (χ4v) is 5.59. The molecular weight excluding hydrogens is 510 g/mol. The van der Waals surface area contributed by atoms with Crippen LogP contribution in [-0.2, 0) is 48.2 Å². The number of halogens is 2. The van der Waals surface area contributed by atoms with Gasteiger partial charge in [-0.15, -0.1) is 0 Å². The van der Waals surface area contributed by atoms with E-state index in [9.17, 15) is 36.4 Å². The molecule has 0 amide bonds. The predicted octanol–water partition coefficient (Wildman–Crippen LogP) is 2.02. The van der Waals surface area contributed by atoms with Crippen molar-refractivity contribution in [2.24, 2.45) is 23.7 Å². The molecule has 7 unspecified atom stereocenters. The van der Waals surface area contributed by atoms with Gasteiger partial charge in [-0.05, 0) is 33.1 Å². The smallest absolute Gasteiger partial charge is 0.405 e. The molecule has 3 aliphatic rings. The van der Waals surface area contributed by atoms with E-state index in [1.54, 1.807) is 6.92 Å².